The van der Waals surface area contributed by atoms with Gasteiger partial charge in [-0.1, -0.05) is 6.07 Å². The van der Waals surface area contributed by atoms with Crippen molar-refractivity contribution in [3.8, 4) is 5.75 Å². The molecule has 0 fully saturated rings. The second-order valence-electron chi connectivity index (χ2n) is 4.07. The number of carbonyl (C=O) groups is 1. The predicted octanol–water partition coefficient (Wildman–Crippen LogP) is 1.10. The number of nitrogens with one attached hydrogen (secondary N) is 1. The SMILES string of the molecule is Cc1cc(C)c(C)c(OCC(=O)NCCO)c1. The number of carbonyl (C=O) groups excluding carboxylic acids is 1. The third-order valence-electron chi connectivity index (χ3n) is 2.56. The molecule has 17 heavy (non-hydrogen) atoms. The minimum absolute atomic E-state index is 0.0241. The smallest absolute Gasteiger partial charge is 0.258 e. The molecule has 0 spiro atoms. The van der Waals surface area contributed by atoms with Crippen molar-refractivity contribution in [3.63, 3.8) is 0 Å². The normalized spacial score (nSPS) is 10.1. The first-order valence-electron chi connectivity index (χ1n) is 5.62. The lowest BCUT2D eigenvalue weighted by Gasteiger charge is -2.12. The summed E-state index contributed by atoms with van der Waals surface area (Å²) in [7, 11) is 0. The first kappa shape index (κ1) is 13.5. The van der Waals surface area contributed by atoms with Gasteiger partial charge >= 0.3 is 0 Å². The Balaban J connectivity index is 2.60. The zero-order valence-corrected chi connectivity index (χ0v) is 10.5. The average molecular weight is 237 g/mol. The van der Waals surface area contributed by atoms with Crippen LogP contribution in [0, 0.1) is 20.8 Å². The number of ether oxygens (including phenoxy) is 1. The van der Waals surface area contributed by atoms with Gasteiger partial charge in [0.25, 0.3) is 5.91 Å². The summed E-state index contributed by atoms with van der Waals surface area (Å²) in [5.41, 5.74) is 3.31. The zero-order valence-electron chi connectivity index (χ0n) is 10.5. The lowest BCUT2D eigenvalue weighted by Crippen LogP contribution is -2.31. The van der Waals surface area contributed by atoms with Crippen LogP contribution in [0.2, 0.25) is 0 Å². The van der Waals surface area contributed by atoms with Gasteiger partial charge in [0.2, 0.25) is 0 Å². The predicted molar refractivity (Wildman–Crippen MR) is 66.2 cm³/mol. The van der Waals surface area contributed by atoms with Crippen molar-refractivity contribution in [3.05, 3.63) is 28.8 Å². The van der Waals surface area contributed by atoms with Gasteiger partial charge in [0.15, 0.2) is 6.61 Å². The van der Waals surface area contributed by atoms with Crippen molar-refractivity contribution in [2.24, 2.45) is 0 Å². The number of aryl methyl sites for hydroxylation is 2. The molecule has 0 aliphatic carbocycles. The van der Waals surface area contributed by atoms with Gasteiger partial charge in [0.05, 0.1) is 6.61 Å². The van der Waals surface area contributed by atoms with Crippen LogP contribution < -0.4 is 10.1 Å². The van der Waals surface area contributed by atoms with E-state index in [0.717, 1.165) is 22.4 Å². The summed E-state index contributed by atoms with van der Waals surface area (Å²) in [4.78, 5) is 11.3. The monoisotopic (exact) mass is 237 g/mol. The van der Waals surface area contributed by atoms with E-state index < -0.39 is 0 Å². The van der Waals surface area contributed by atoms with Crippen molar-refractivity contribution >= 4 is 5.91 Å². The number of benzene rings is 1. The molecule has 0 heterocycles. The van der Waals surface area contributed by atoms with Crippen LogP contribution in [0.5, 0.6) is 5.75 Å². The lowest BCUT2D eigenvalue weighted by molar-refractivity contribution is -0.123. The van der Waals surface area contributed by atoms with Crippen molar-refractivity contribution in [1.29, 1.82) is 0 Å². The molecule has 0 bridgehead atoms. The number of rotatable bonds is 5. The van der Waals surface area contributed by atoms with Crippen LogP contribution in [-0.2, 0) is 4.79 Å². The van der Waals surface area contributed by atoms with E-state index in [1.807, 2.05) is 26.8 Å². The van der Waals surface area contributed by atoms with Crippen LogP contribution in [0.25, 0.3) is 0 Å². The van der Waals surface area contributed by atoms with E-state index >= 15 is 0 Å². The highest BCUT2D eigenvalue weighted by Crippen LogP contribution is 2.22. The Labute approximate surface area is 102 Å². The Morgan fingerprint density at radius 1 is 1.35 bits per heavy atom. The minimum Gasteiger partial charge on any atom is -0.483 e. The molecule has 0 atom stereocenters. The van der Waals surface area contributed by atoms with Crippen molar-refractivity contribution in [2.75, 3.05) is 19.8 Å². The summed E-state index contributed by atoms with van der Waals surface area (Å²) in [6.07, 6.45) is 0. The molecular formula is C13H19NO3. The molecule has 0 saturated heterocycles. The molecule has 0 aliphatic rings. The Morgan fingerprint density at radius 2 is 2.06 bits per heavy atom. The van der Waals surface area contributed by atoms with Gasteiger partial charge in [-0.15, -0.1) is 0 Å². The van der Waals surface area contributed by atoms with Gasteiger partial charge in [0.1, 0.15) is 5.75 Å². The second-order valence-corrected chi connectivity index (χ2v) is 4.07. The van der Waals surface area contributed by atoms with Crippen LogP contribution in [-0.4, -0.2) is 30.8 Å². The maximum atomic E-state index is 11.3. The summed E-state index contributed by atoms with van der Waals surface area (Å²) >= 11 is 0. The van der Waals surface area contributed by atoms with Gasteiger partial charge in [-0.3, -0.25) is 4.79 Å². The van der Waals surface area contributed by atoms with E-state index in [1.54, 1.807) is 0 Å². The molecule has 1 rings (SSSR count). The summed E-state index contributed by atoms with van der Waals surface area (Å²) in [5, 5.41) is 11.1. The highest BCUT2D eigenvalue weighted by Gasteiger charge is 2.06. The maximum Gasteiger partial charge on any atom is 0.258 e. The fourth-order valence-electron chi connectivity index (χ4n) is 1.54. The molecule has 0 radical (unpaired) electrons. The number of hydrogen-bond acceptors (Lipinski definition) is 3. The molecule has 2 N–H and O–H groups in total. The first-order chi connectivity index (χ1) is 8.04. The molecule has 1 aromatic rings. The molecule has 94 valence electrons. The summed E-state index contributed by atoms with van der Waals surface area (Å²) in [5.74, 6) is 0.513. The Hall–Kier alpha value is -1.55. The molecule has 4 nitrogen and oxygen atoms in total. The van der Waals surface area contributed by atoms with E-state index in [1.165, 1.54) is 0 Å². The fraction of sp³-hybridized carbons (Fsp3) is 0.462. The van der Waals surface area contributed by atoms with Gasteiger partial charge < -0.3 is 15.2 Å². The summed E-state index contributed by atoms with van der Waals surface area (Å²) in [6.45, 7) is 6.15. The van der Waals surface area contributed by atoms with Crippen molar-refractivity contribution in [2.45, 2.75) is 20.8 Å². The average Bonchev–Trinajstić information content (AvgIpc) is 2.29. The molecule has 1 amide bonds. The molecule has 0 unspecified atom stereocenters. The topological polar surface area (TPSA) is 58.6 Å². The quantitative estimate of drug-likeness (QED) is 0.806. The summed E-state index contributed by atoms with van der Waals surface area (Å²) in [6, 6.07) is 4.00. The standard InChI is InChI=1S/C13H19NO3/c1-9-6-10(2)11(3)12(7-9)17-8-13(16)14-4-5-15/h6-7,15H,4-5,8H2,1-3H3,(H,14,16). The zero-order chi connectivity index (χ0) is 12.8. The lowest BCUT2D eigenvalue weighted by atomic mass is 10.1. The third-order valence-corrected chi connectivity index (χ3v) is 2.56. The first-order valence-corrected chi connectivity index (χ1v) is 5.62. The van der Waals surface area contributed by atoms with Gasteiger partial charge in [0, 0.05) is 6.54 Å². The van der Waals surface area contributed by atoms with Crippen LogP contribution in [0.4, 0.5) is 0 Å². The van der Waals surface area contributed by atoms with Gasteiger partial charge in [-0.05, 0) is 43.5 Å². The Bertz CT molecular complexity index is 402. The van der Waals surface area contributed by atoms with E-state index in [2.05, 4.69) is 11.4 Å². The Kier molecular flexibility index (Phi) is 4.97. The van der Waals surface area contributed by atoms with Crippen LogP contribution in [0.1, 0.15) is 16.7 Å². The van der Waals surface area contributed by atoms with Gasteiger partial charge in [-0.2, -0.15) is 0 Å². The molecule has 1 aromatic carbocycles. The largest absolute Gasteiger partial charge is 0.483 e. The highest BCUT2D eigenvalue weighted by atomic mass is 16.5. The fourth-order valence-corrected chi connectivity index (χ4v) is 1.54. The van der Waals surface area contributed by atoms with E-state index in [9.17, 15) is 4.79 Å². The van der Waals surface area contributed by atoms with Gasteiger partial charge in [-0.25, -0.2) is 0 Å². The van der Waals surface area contributed by atoms with Crippen molar-refractivity contribution < 1.29 is 14.6 Å². The molecule has 0 aliphatic heterocycles. The molecule has 4 heteroatoms. The molecule has 0 aromatic heterocycles. The maximum absolute atomic E-state index is 11.3. The van der Waals surface area contributed by atoms with Crippen LogP contribution in [0.3, 0.4) is 0 Å². The number of aliphatic hydroxyl groups excluding tert-OH is 1. The van der Waals surface area contributed by atoms with E-state index in [-0.39, 0.29) is 25.7 Å². The van der Waals surface area contributed by atoms with Crippen molar-refractivity contribution in [1.82, 2.24) is 5.32 Å². The number of amides is 1. The van der Waals surface area contributed by atoms with Crippen LogP contribution >= 0.6 is 0 Å². The number of hydrogen-bond donors (Lipinski definition) is 2. The summed E-state index contributed by atoms with van der Waals surface area (Å²) < 4.78 is 5.46. The van der Waals surface area contributed by atoms with E-state index in [4.69, 9.17) is 9.84 Å². The number of aliphatic hydroxyl groups is 1. The molecular weight excluding hydrogens is 218 g/mol. The van der Waals surface area contributed by atoms with E-state index in [0.29, 0.717) is 0 Å². The minimum atomic E-state index is -0.224. The second kappa shape index (κ2) is 6.25. The van der Waals surface area contributed by atoms with Crippen LogP contribution in [0.15, 0.2) is 12.1 Å². The highest BCUT2D eigenvalue weighted by molar-refractivity contribution is 5.77. The molecule has 0 saturated carbocycles. The third kappa shape index (κ3) is 4.07. The Morgan fingerprint density at radius 3 is 2.71 bits per heavy atom.